The third kappa shape index (κ3) is 2.69. The topological polar surface area (TPSA) is 75.9 Å². The number of anilines is 3. The first kappa shape index (κ1) is 13.8. The number of nitrogen functional groups attached to an aromatic ring is 1. The van der Waals surface area contributed by atoms with Crippen molar-refractivity contribution in [1.82, 2.24) is 9.97 Å². The van der Waals surface area contributed by atoms with E-state index in [1.807, 2.05) is 13.0 Å². The normalized spacial score (nSPS) is 14.1. The van der Waals surface area contributed by atoms with Crippen molar-refractivity contribution in [2.75, 3.05) is 10.7 Å². The maximum absolute atomic E-state index is 5.59. The molecule has 0 atom stereocenters. The van der Waals surface area contributed by atoms with Crippen LogP contribution in [0.15, 0.2) is 18.2 Å². The van der Waals surface area contributed by atoms with Gasteiger partial charge in [0.2, 0.25) is 0 Å². The van der Waals surface area contributed by atoms with Gasteiger partial charge in [0.25, 0.3) is 0 Å². The van der Waals surface area contributed by atoms with E-state index in [9.17, 15) is 0 Å². The predicted octanol–water partition coefficient (Wildman–Crippen LogP) is 3.31. The van der Waals surface area contributed by atoms with Gasteiger partial charge in [-0.15, -0.1) is 0 Å². The summed E-state index contributed by atoms with van der Waals surface area (Å²) in [7, 11) is 0. The molecule has 3 rings (SSSR count). The number of nitrogens with zero attached hydrogens (tertiary/aromatic N) is 2. The monoisotopic (exact) mass is 283 g/mol. The van der Waals surface area contributed by atoms with Gasteiger partial charge in [-0.1, -0.05) is 12.1 Å². The molecule has 110 valence electrons. The summed E-state index contributed by atoms with van der Waals surface area (Å²) in [6.45, 7) is 6.19. The van der Waals surface area contributed by atoms with Crippen molar-refractivity contribution in [3.05, 3.63) is 40.7 Å². The predicted molar refractivity (Wildman–Crippen MR) is 85.8 cm³/mol. The number of nitrogens with two attached hydrogens (primary N) is 1. The number of hydrogen-bond acceptors (Lipinski definition) is 5. The van der Waals surface area contributed by atoms with Gasteiger partial charge in [0.1, 0.15) is 17.5 Å². The minimum atomic E-state index is 0.483. The quantitative estimate of drug-likeness (QED) is 0.593. The van der Waals surface area contributed by atoms with Crippen LogP contribution in [0.1, 0.15) is 41.3 Å². The highest BCUT2D eigenvalue weighted by atomic mass is 15.3. The molecule has 0 bridgehead atoms. The molecule has 0 radical (unpaired) electrons. The lowest BCUT2D eigenvalue weighted by Gasteiger charge is -2.15. The second-order valence-corrected chi connectivity index (χ2v) is 5.70. The molecule has 1 aliphatic carbocycles. The van der Waals surface area contributed by atoms with Gasteiger partial charge < -0.3 is 10.7 Å². The van der Waals surface area contributed by atoms with Crippen molar-refractivity contribution >= 4 is 17.3 Å². The van der Waals surface area contributed by atoms with E-state index in [1.165, 1.54) is 11.1 Å². The molecule has 2 aromatic rings. The Morgan fingerprint density at radius 1 is 1.05 bits per heavy atom. The largest absolute Gasteiger partial charge is 0.340 e. The van der Waals surface area contributed by atoms with Crippen molar-refractivity contribution in [3.63, 3.8) is 0 Å². The summed E-state index contributed by atoms with van der Waals surface area (Å²) in [6, 6.07) is 6.22. The Kier molecular flexibility index (Phi) is 3.51. The number of hydrazine groups is 1. The van der Waals surface area contributed by atoms with Crippen molar-refractivity contribution in [2.45, 2.75) is 39.5 Å². The highest BCUT2D eigenvalue weighted by Crippen LogP contribution is 2.39. The first-order valence-corrected chi connectivity index (χ1v) is 7.28. The summed E-state index contributed by atoms with van der Waals surface area (Å²) < 4.78 is 0. The zero-order valence-corrected chi connectivity index (χ0v) is 12.7. The lowest BCUT2D eigenvalue weighted by atomic mass is 10.1. The van der Waals surface area contributed by atoms with Gasteiger partial charge in [0, 0.05) is 17.2 Å². The average Bonchev–Trinajstić information content (AvgIpc) is 3.30. The Bertz CT molecular complexity index is 677. The van der Waals surface area contributed by atoms with Gasteiger partial charge >= 0.3 is 0 Å². The summed E-state index contributed by atoms with van der Waals surface area (Å²) in [5.74, 6) is 8.47. The minimum Gasteiger partial charge on any atom is -0.340 e. The Labute approximate surface area is 125 Å². The smallest absolute Gasteiger partial charge is 0.148 e. The van der Waals surface area contributed by atoms with Gasteiger partial charge in [-0.25, -0.2) is 15.8 Å². The van der Waals surface area contributed by atoms with Crippen molar-refractivity contribution in [1.29, 1.82) is 0 Å². The Balaban J connectivity index is 2.01. The van der Waals surface area contributed by atoms with Crippen LogP contribution in [0.25, 0.3) is 0 Å². The van der Waals surface area contributed by atoms with Crippen molar-refractivity contribution < 1.29 is 0 Å². The lowest BCUT2D eigenvalue weighted by molar-refractivity contribution is 0.920. The fourth-order valence-electron chi connectivity index (χ4n) is 2.33. The first-order chi connectivity index (χ1) is 10.1. The zero-order valence-electron chi connectivity index (χ0n) is 12.7. The molecule has 0 amide bonds. The molecule has 4 N–H and O–H groups in total. The van der Waals surface area contributed by atoms with E-state index in [0.29, 0.717) is 11.7 Å². The van der Waals surface area contributed by atoms with Gasteiger partial charge in [-0.2, -0.15) is 0 Å². The minimum absolute atomic E-state index is 0.483. The molecule has 0 saturated heterocycles. The van der Waals surface area contributed by atoms with Crippen LogP contribution < -0.4 is 16.6 Å². The van der Waals surface area contributed by atoms with Crippen LogP contribution in [0.4, 0.5) is 17.3 Å². The van der Waals surface area contributed by atoms with E-state index < -0.39 is 0 Å². The zero-order chi connectivity index (χ0) is 15.0. The number of aromatic nitrogens is 2. The van der Waals surface area contributed by atoms with Crippen molar-refractivity contribution in [2.24, 2.45) is 5.84 Å². The molecule has 5 nitrogen and oxygen atoms in total. The fraction of sp³-hybridized carbons (Fsp3) is 0.375. The number of nitrogens with one attached hydrogen (secondary N) is 2. The van der Waals surface area contributed by atoms with Crippen LogP contribution in [-0.4, -0.2) is 9.97 Å². The molecule has 1 fully saturated rings. The first-order valence-electron chi connectivity index (χ1n) is 7.28. The maximum Gasteiger partial charge on any atom is 0.148 e. The summed E-state index contributed by atoms with van der Waals surface area (Å²) in [5.41, 5.74) is 7.17. The fourth-order valence-corrected chi connectivity index (χ4v) is 2.33. The highest BCUT2D eigenvalue weighted by molar-refractivity contribution is 5.67. The van der Waals surface area contributed by atoms with Crippen LogP contribution in [0.2, 0.25) is 0 Å². The number of rotatable bonds is 4. The highest BCUT2D eigenvalue weighted by Gasteiger charge is 2.28. The molecule has 21 heavy (non-hydrogen) atoms. The third-order valence-electron chi connectivity index (χ3n) is 4.10. The Hall–Kier alpha value is -2.14. The molecular formula is C16H21N5. The maximum atomic E-state index is 5.59. The molecule has 1 saturated carbocycles. The van der Waals surface area contributed by atoms with Crippen LogP contribution in [0.3, 0.4) is 0 Å². The summed E-state index contributed by atoms with van der Waals surface area (Å²) in [5, 5.41) is 3.43. The van der Waals surface area contributed by atoms with E-state index in [-0.39, 0.29) is 0 Å². The summed E-state index contributed by atoms with van der Waals surface area (Å²) in [6.07, 6.45) is 2.33. The Morgan fingerprint density at radius 2 is 1.76 bits per heavy atom. The Morgan fingerprint density at radius 3 is 2.43 bits per heavy atom. The molecule has 1 aromatic heterocycles. The molecule has 5 heteroatoms. The second kappa shape index (κ2) is 5.33. The lowest BCUT2D eigenvalue weighted by Crippen LogP contribution is -2.14. The van der Waals surface area contributed by atoms with Crippen LogP contribution in [0.5, 0.6) is 0 Å². The molecule has 0 unspecified atom stereocenters. The van der Waals surface area contributed by atoms with Gasteiger partial charge in [-0.05, 0) is 50.8 Å². The molecular weight excluding hydrogens is 262 g/mol. The van der Waals surface area contributed by atoms with Gasteiger partial charge in [-0.3, -0.25) is 0 Å². The second-order valence-electron chi connectivity index (χ2n) is 5.70. The molecule has 1 heterocycles. The SMILES string of the molecule is Cc1cccc(Nc2nc(C3CC3)nc(NN)c2C)c1C. The molecule has 1 aromatic carbocycles. The number of benzene rings is 1. The van der Waals surface area contributed by atoms with Gasteiger partial charge in [0.05, 0.1) is 0 Å². The van der Waals surface area contributed by atoms with E-state index >= 15 is 0 Å². The summed E-state index contributed by atoms with van der Waals surface area (Å²) in [4.78, 5) is 9.20. The van der Waals surface area contributed by atoms with Crippen molar-refractivity contribution in [3.8, 4) is 0 Å². The molecule has 0 spiro atoms. The molecule has 1 aliphatic rings. The van der Waals surface area contributed by atoms with E-state index in [2.05, 4.69) is 41.7 Å². The van der Waals surface area contributed by atoms with E-state index in [1.54, 1.807) is 0 Å². The molecule has 0 aliphatic heterocycles. The number of hydrogen-bond donors (Lipinski definition) is 3. The van der Waals surface area contributed by atoms with Crippen LogP contribution in [-0.2, 0) is 0 Å². The average molecular weight is 283 g/mol. The third-order valence-corrected chi connectivity index (χ3v) is 4.10. The van der Waals surface area contributed by atoms with E-state index in [0.717, 1.165) is 35.7 Å². The standard InChI is InChI=1S/C16H21N5/c1-9-5-4-6-13(10(9)2)18-14-11(3)15(21-17)20-16(19-14)12-7-8-12/h4-6,12H,7-8,17H2,1-3H3,(H2,18,19,20,21). The van der Waals surface area contributed by atoms with Crippen LogP contribution in [0, 0.1) is 20.8 Å². The van der Waals surface area contributed by atoms with E-state index in [4.69, 9.17) is 10.8 Å². The summed E-state index contributed by atoms with van der Waals surface area (Å²) >= 11 is 0. The van der Waals surface area contributed by atoms with Gasteiger partial charge in [0.15, 0.2) is 0 Å². The number of aryl methyl sites for hydroxylation is 1. The van der Waals surface area contributed by atoms with Crippen LogP contribution >= 0.6 is 0 Å².